The van der Waals surface area contributed by atoms with Gasteiger partial charge in [-0.1, -0.05) is 56.1 Å². The van der Waals surface area contributed by atoms with E-state index in [0.717, 1.165) is 20.1 Å². The van der Waals surface area contributed by atoms with Crippen molar-refractivity contribution in [3.63, 3.8) is 0 Å². The summed E-state index contributed by atoms with van der Waals surface area (Å²) < 4.78 is 14.1. The summed E-state index contributed by atoms with van der Waals surface area (Å²) >= 11 is 6.86. The monoisotopic (exact) mass is 428 g/mol. The van der Waals surface area contributed by atoms with Crippen molar-refractivity contribution in [3.8, 4) is 0 Å². The third-order valence-corrected chi connectivity index (χ3v) is 5.74. The van der Waals surface area contributed by atoms with Gasteiger partial charge in [-0.15, -0.1) is 0 Å². The molecule has 2 nitrogen and oxygen atoms in total. The van der Waals surface area contributed by atoms with Gasteiger partial charge in [-0.05, 0) is 48.5 Å². The molecule has 21 heavy (non-hydrogen) atoms. The molecule has 0 saturated carbocycles. The molecule has 0 amide bonds. The molecule has 0 aromatic heterocycles. The van der Waals surface area contributed by atoms with Crippen LogP contribution < -0.4 is 0 Å². The predicted octanol–water partition coefficient (Wildman–Crippen LogP) is 5.65. The molecule has 0 aliphatic carbocycles. The van der Waals surface area contributed by atoms with Crippen LogP contribution in [0.25, 0.3) is 0 Å². The van der Waals surface area contributed by atoms with Gasteiger partial charge in [-0.2, -0.15) is 0 Å². The first kappa shape index (κ1) is 16.9. The number of benzene rings is 2. The van der Waals surface area contributed by atoms with E-state index in [2.05, 4.69) is 69.2 Å². The van der Waals surface area contributed by atoms with Crippen molar-refractivity contribution in [2.45, 2.75) is 26.3 Å². The summed E-state index contributed by atoms with van der Waals surface area (Å²) in [5.74, 6) is 0. The molecule has 0 aliphatic heterocycles. The van der Waals surface area contributed by atoms with Crippen molar-refractivity contribution in [2.24, 2.45) is 0 Å². The SMILES string of the molecule is C[Si](C)(OCc1ccc(Br)cc1)OCc1ccc(Br)cc1. The molecular formula is C16H18Br2O2Si. The van der Waals surface area contributed by atoms with Crippen LogP contribution in [0.3, 0.4) is 0 Å². The van der Waals surface area contributed by atoms with Gasteiger partial charge in [-0.25, -0.2) is 0 Å². The van der Waals surface area contributed by atoms with Gasteiger partial charge >= 0.3 is 8.56 Å². The van der Waals surface area contributed by atoms with Gasteiger partial charge in [0, 0.05) is 8.95 Å². The lowest BCUT2D eigenvalue weighted by molar-refractivity contribution is 0.164. The van der Waals surface area contributed by atoms with Crippen LogP contribution in [-0.2, 0) is 22.1 Å². The zero-order valence-electron chi connectivity index (χ0n) is 12.1. The van der Waals surface area contributed by atoms with Crippen LogP contribution in [0.4, 0.5) is 0 Å². The van der Waals surface area contributed by atoms with E-state index in [1.165, 1.54) is 0 Å². The molecule has 112 valence electrons. The van der Waals surface area contributed by atoms with Gasteiger partial charge in [0.05, 0.1) is 13.2 Å². The zero-order chi connectivity index (χ0) is 15.3. The maximum Gasteiger partial charge on any atom is 0.332 e. The minimum Gasteiger partial charge on any atom is -0.390 e. The minimum atomic E-state index is -2.12. The Bertz CT molecular complexity index is 516. The molecule has 0 atom stereocenters. The molecule has 2 rings (SSSR count). The Morgan fingerprint density at radius 3 is 1.38 bits per heavy atom. The highest BCUT2D eigenvalue weighted by Crippen LogP contribution is 2.17. The number of hydrogen-bond acceptors (Lipinski definition) is 2. The zero-order valence-corrected chi connectivity index (χ0v) is 16.3. The molecule has 0 unspecified atom stereocenters. The lowest BCUT2D eigenvalue weighted by Gasteiger charge is -2.23. The molecule has 2 aromatic carbocycles. The van der Waals surface area contributed by atoms with Crippen molar-refractivity contribution in [1.82, 2.24) is 0 Å². The highest BCUT2D eigenvalue weighted by Gasteiger charge is 2.24. The summed E-state index contributed by atoms with van der Waals surface area (Å²) in [4.78, 5) is 0. The summed E-state index contributed by atoms with van der Waals surface area (Å²) in [5.41, 5.74) is 2.32. The highest BCUT2D eigenvalue weighted by molar-refractivity contribution is 9.10. The summed E-state index contributed by atoms with van der Waals surface area (Å²) in [6, 6.07) is 16.3. The molecule has 5 heteroatoms. The second-order valence-corrected chi connectivity index (χ2v) is 10.4. The van der Waals surface area contributed by atoms with Crippen LogP contribution in [-0.4, -0.2) is 8.56 Å². The molecule has 0 aliphatic rings. The number of rotatable bonds is 6. The van der Waals surface area contributed by atoms with Gasteiger partial charge in [-0.3, -0.25) is 0 Å². The first-order valence-corrected chi connectivity index (χ1v) is 11.1. The van der Waals surface area contributed by atoms with Crippen LogP contribution >= 0.6 is 31.9 Å². The summed E-state index contributed by atoms with van der Waals surface area (Å²) in [5, 5.41) is 0. The van der Waals surface area contributed by atoms with Crippen molar-refractivity contribution in [2.75, 3.05) is 0 Å². The van der Waals surface area contributed by atoms with Gasteiger partial charge < -0.3 is 8.85 Å². The molecule has 0 N–H and O–H groups in total. The smallest absolute Gasteiger partial charge is 0.332 e. The van der Waals surface area contributed by atoms with Crippen molar-refractivity contribution >= 4 is 40.4 Å². The molecule has 0 radical (unpaired) electrons. The summed E-state index contributed by atoms with van der Waals surface area (Å²) in [6.45, 7) is 5.33. The summed E-state index contributed by atoms with van der Waals surface area (Å²) in [7, 11) is -2.12. The molecule has 0 bridgehead atoms. The van der Waals surface area contributed by atoms with Crippen LogP contribution in [0.15, 0.2) is 57.5 Å². The fraction of sp³-hybridized carbons (Fsp3) is 0.250. The maximum absolute atomic E-state index is 5.99. The fourth-order valence-corrected chi connectivity index (χ4v) is 3.36. The van der Waals surface area contributed by atoms with Crippen LogP contribution in [0.1, 0.15) is 11.1 Å². The lowest BCUT2D eigenvalue weighted by atomic mass is 10.2. The largest absolute Gasteiger partial charge is 0.390 e. The minimum absolute atomic E-state index is 0.590. The Morgan fingerprint density at radius 2 is 1.05 bits per heavy atom. The molecule has 0 heterocycles. The average molecular weight is 430 g/mol. The van der Waals surface area contributed by atoms with Crippen molar-refractivity contribution < 1.29 is 8.85 Å². The number of halogens is 2. The predicted molar refractivity (Wildman–Crippen MR) is 95.3 cm³/mol. The van der Waals surface area contributed by atoms with E-state index in [0.29, 0.717) is 13.2 Å². The average Bonchev–Trinajstić information content (AvgIpc) is 2.46. The Balaban J connectivity index is 1.83. The standard InChI is InChI=1S/C16H18Br2O2Si/c1-21(2,19-11-13-3-7-15(17)8-4-13)20-12-14-5-9-16(18)10-6-14/h3-10H,11-12H2,1-2H3. The molecule has 0 spiro atoms. The first-order chi connectivity index (χ1) is 9.94. The van der Waals surface area contributed by atoms with Crippen LogP contribution in [0.2, 0.25) is 13.1 Å². The van der Waals surface area contributed by atoms with E-state index in [1.54, 1.807) is 0 Å². The molecule has 2 aromatic rings. The van der Waals surface area contributed by atoms with E-state index in [9.17, 15) is 0 Å². The number of hydrogen-bond donors (Lipinski definition) is 0. The van der Waals surface area contributed by atoms with Gasteiger partial charge in [0.1, 0.15) is 0 Å². The normalized spacial score (nSPS) is 11.6. The Labute approximate surface area is 144 Å². The third-order valence-electron chi connectivity index (χ3n) is 3.00. The Morgan fingerprint density at radius 1 is 0.714 bits per heavy atom. The third kappa shape index (κ3) is 6.04. The van der Waals surface area contributed by atoms with E-state index in [-0.39, 0.29) is 0 Å². The van der Waals surface area contributed by atoms with Crippen LogP contribution in [0, 0.1) is 0 Å². The maximum atomic E-state index is 5.99. The lowest BCUT2D eigenvalue weighted by Crippen LogP contribution is -2.34. The van der Waals surface area contributed by atoms with Crippen molar-refractivity contribution in [3.05, 3.63) is 68.6 Å². The van der Waals surface area contributed by atoms with E-state index in [1.807, 2.05) is 24.3 Å². The van der Waals surface area contributed by atoms with Crippen molar-refractivity contribution in [1.29, 1.82) is 0 Å². The van der Waals surface area contributed by atoms with E-state index < -0.39 is 8.56 Å². The summed E-state index contributed by atoms with van der Waals surface area (Å²) in [6.07, 6.45) is 0. The van der Waals surface area contributed by atoms with E-state index in [4.69, 9.17) is 8.85 Å². The Kier molecular flexibility index (Phi) is 6.19. The van der Waals surface area contributed by atoms with Gasteiger partial charge in [0.25, 0.3) is 0 Å². The van der Waals surface area contributed by atoms with Crippen LogP contribution in [0.5, 0.6) is 0 Å². The molecule has 0 fully saturated rings. The highest BCUT2D eigenvalue weighted by atomic mass is 79.9. The van der Waals surface area contributed by atoms with Gasteiger partial charge in [0.15, 0.2) is 0 Å². The second-order valence-electron chi connectivity index (χ2n) is 5.23. The fourth-order valence-electron chi connectivity index (χ4n) is 1.72. The quantitative estimate of drug-likeness (QED) is 0.552. The molecule has 0 saturated heterocycles. The van der Waals surface area contributed by atoms with Gasteiger partial charge in [0.2, 0.25) is 0 Å². The Hall–Kier alpha value is -0.463. The second kappa shape index (κ2) is 7.69. The van der Waals surface area contributed by atoms with E-state index >= 15 is 0 Å². The topological polar surface area (TPSA) is 18.5 Å². The first-order valence-electron chi connectivity index (χ1n) is 6.71. The molecular weight excluding hydrogens is 412 g/mol.